The average Bonchev–Trinajstić information content (AvgIpc) is 3.05. The van der Waals surface area contributed by atoms with Gasteiger partial charge in [-0.1, -0.05) is 50.3 Å². The van der Waals surface area contributed by atoms with Crippen LogP contribution in [-0.4, -0.2) is 64.6 Å². The molecule has 1 aromatic heterocycles. The highest BCUT2D eigenvalue weighted by Gasteiger charge is 2.22. The SMILES string of the molecule is CCN(CC)CCN(Cc1ccc(C(=O)Nc2ccccc2NC(=O)OC(C)(C)C)nc1)C(=O)NC1=COC=C(C2=CC=CCC2)O1. The van der Waals surface area contributed by atoms with Crippen LogP contribution in [0.15, 0.2) is 90.6 Å². The van der Waals surface area contributed by atoms with Crippen LogP contribution in [0.1, 0.15) is 63.5 Å². The number of para-hydroxylation sites is 2. The molecule has 2 aromatic rings. The molecule has 1 aromatic carbocycles. The minimum atomic E-state index is -0.670. The van der Waals surface area contributed by atoms with Crippen molar-refractivity contribution in [3.8, 4) is 0 Å². The number of rotatable bonds is 12. The normalized spacial score (nSPS) is 14.1. The second-order valence-electron chi connectivity index (χ2n) is 11.9. The number of aromatic nitrogens is 1. The molecular formula is C35H44N6O6. The third-order valence-electron chi connectivity index (χ3n) is 7.24. The number of hydrogen-bond acceptors (Lipinski definition) is 8. The fourth-order valence-corrected chi connectivity index (χ4v) is 4.74. The van der Waals surface area contributed by atoms with Crippen molar-refractivity contribution in [3.63, 3.8) is 0 Å². The lowest BCUT2D eigenvalue weighted by molar-refractivity contribution is 0.0635. The Morgan fingerprint density at radius 1 is 0.957 bits per heavy atom. The molecule has 0 atom stereocenters. The number of nitrogens with one attached hydrogen (secondary N) is 3. The molecular weight excluding hydrogens is 600 g/mol. The first kappa shape index (κ1) is 34.8. The number of nitrogens with zero attached hydrogens (tertiary/aromatic N) is 3. The first-order valence-electron chi connectivity index (χ1n) is 15.8. The molecule has 0 bridgehead atoms. The molecule has 47 heavy (non-hydrogen) atoms. The van der Waals surface area contributed by atoms with Gasteiger partial charge in [0.25, 0.3) is 5.91 Å². The van der Waals surface area contributed by atoms with Gasteiger partial charge >= 0.3 is 12.1 Å². The van der Waals surface area contributed by atoms with E-state index in [1.165, 1.54) is 12.5 Å². The molecule has 12 heteroatoms. The van der Waals surface area contributed by atoms with Crippen LogP contribution in [0.2, 0.25) is 0 Å². The van der Waals surface area contributed by atoms with Gasteiger partial charge in [-0.2, -0.15) is 0 Å². The summed E-state index contributed by atoms with van der Waals surface area (Å²) in [4.78, 5) is 47.1. The number of pyridine rings is 1. The molecule has 4 rings (SSSR count). The summed E-state index contributed by atoms with van der Waals surface area (Å²) in [6.07, 6.45) is 11.6. The average molecular weight is 645 g/mol. The van der Waals surface area contributed by atoms with Crippen LogP contribution in [0.25, 0.3) is 0 Å². The van der Waals surface area contributed by atoms with Gasteiger partial charge in [0, 0.05) is 25.8 Å². The fourth-order valence-electron chi connectivity index (χ4n) is 4.74. The van der Waals surface area contributed by atoms with E-state index in [1.54, 1.807) is 68.3 Å². The number of hydrogen-bond donors (Lipinski definition) is 3. The van der Waals surface area contributed by atoms with Gasteiger partial charge in [-0.15, -0.1) is 0 Å². The number of benzene rings is 1. The lowest BCUT2D eigenvalue weighted by atomic mass is 10.0. The lowest BCUT2D eigenvalue weighted by Gasteiger charge is -2.28. The standard InChI is InChI=1S/C35H44N6O6/c1-6-40(7-2)19-20-41(33(43)39-31-24-45-23-30(46-31)26-13-9-8-10-14-26)22-25-17-18-29(36-21-25)32(42)37-27-15-11-12-16-28(27)38-34(44)47-35(3,4)5/h8-9,11-13,15-18,21,23-24H,6-7,10,14,19-20,22H2,1-5H3,(H,37,42)(H,38,44)(H,39,43). The summed E-state index contributed by atoms with van der Waals surface area (Å²) in [7, 11) is 0. The number of urea groups is 1. The third kappa shape index (κ3) is 10.7. The van der Waals surface area contributed by atoms with E-state index in [0.717, 1.165) is 37.1 Å². The van der Waals surface area contributed by atoms with E-state index < -0.39 is 17.6 Å². The molecule has 250 valence electrons. The summed E-state index contributed by atoms with van der Waals surface area (Å²) < 4.78 is 16.7. The van der Waals surface area contributed by atoms with E-state index in [9.17, 15) is 14.4 Å². The van der Waals surface area contributed by atoms with Crippen LogP contribution >= 0.6 is 0 Å². The molecule has 0 saturated carbocycles. The smallest absolute Gasteiger partial charge is 0.412 e. The summed E-state index contributed by atoms with van der Waals surface area (Å²) in [6, 6.07) is 9.81. The largest absolute Gasteiger partial charge is 0.463 e. The van der Waals surface area contributed by atoms with E-state index in [-0.39, 0.29) is 24.2 Å². The Labute approximate surface area is 276 Å². The molecule has 1 aliphatic heterocycles. The maximum absolute atomic E-state index is 13.5. The van der Waals surface area contributed by atoms with Gasteiger partial charge in [0.15, 0.2) is 12.0 Å². The molecule has 2 heterocycles. The zero-order valence-electron chi connectivity index (χ0n) is 27.7. The monoisotopic (exact) mass is 644 g/mol. The Bertz CT molecular complexity index is 1540. The van der Waals surface area contributed by atoms with Gasteiger partial charge in [-0.25, -0.2) is 9.59 Å². The summed E-state index contributed by atoms with van der Waals surface area (Å²) >= 11 is 0. The van der Waals surface area contributed by atoms with Crippen molar-refractivity contribution in [1.82, 2.24) is 20.1 Å². The Hall–Kier alpha value is -5.10. The quantitative estimate of drug-likeness (QED) is 0.239. The highest BCUT2D eigenvalue weighted by Crippen LogP contribution is 2.26. The van der Waals surface area contributed by atoms with Gasteiger partial charge in [-0.3, -0.25) is 20.4 Å². The molecule has 2 aliphatic rings. The van der Waals surface area contributed by atoms with Crippen molar-refractivity contribution in [2.24, 2.45) is 0 Å². The number of allylic oxidation sites excluding steroid dienone is 4. The van der Waals surface area contributed by atoms with E-state index in [2.05, 4.69) is 45.8 Å². The molecule has 12 nitrogen and oxygen atoms in total. The Kier molecular flexibility index (Phi) is 12.2. The number of amides is 4. The van der Waals surface area contributed by atoms with Crippen LogP contribution in [-0.2, 0) is 20.8 Å². The molecule has 0 unspecified atom stereocenters. The van der Waals surface area contributed by atoms with Crippen molar-refractivity contribution in [3.05, 3.63) is 102 Å². The maximum atomic E-state index is 13.5. The van der Waals surface area contributed by atoms with E-state index >= 15 is 0 Å². The number of carbonyl (C=O) groups excluding carboxylic acids is 3. The number of ether oxygens (including phenoxy) is 3. The number of carbonyl (C=O) groups is 3. The summed E-state index contributed by atoms with van der Waals surface area (Å²) in [5.74, 6) is 0.297. The lowest BCUT2D eigenvalue weighted by Crippen LogP contribution is -2.43. The summed E-state index contributed by atoms with van der Waals surface area (Å²) in [5.41, 5.74) is 2.01. The van der Waals surface area contributed by atoms with Gasteiger partial charge in [0.05, 0.1) is 11.4 Å². The zero-order valence-corrected chi connectivity index (χ0v) is 27.7. The first-order chi connectivity index (χ1) is 22.5. The minimum absolute atomic E-state index is 0.170. The van der Waals surface area contributed by atoms with Crippen LogP contribution in [0, 0.1) is 0 Å². The van der Waals surface area contributed by atoms with Crippen molar-refractivity contribution in [2.75, 3.05) is 36.8 Å². The van der Waals surface area contributed by atoms with Crippen molar-refractivity contribution < 1.29 is 28.6 Å². The van der Waals surface area contributed by atoms with E-state index in [4.69, 9.17) is 14.2 Å². The predicted molar refractivity (Wildman–Crippen MR) is 180 cm³/mol. The second kappa shape index (κ2) is 16.5. The zero-order chi connectivity index (χ0) is 33.8. The molecule has 0 radical (unpaired) electrons. The Morgan fingerprint density at radius 2 is 1.70 bits per heavy atom. The van der Waals surface area contributed by atoms with Gasteiger partial charge in [0.1, 0.15) is 17.6 Å². The molecule has 0 spiro atoms. The molecule has 0 fully saturated rings. The van der Waals surface area contributed by atoms with Crippen molar-refractivity contribution in [1.29, 1.82) is 0 Å². The van der Waals surface area contributed by atoms with Gasteiger partial charge in [-0.05, 0) is 76.0 Å². The second-order valence-corrected chi connectivity index (χ2v) is 11.9. The van der Waals surface area contributed by atoms with Crippen LogP contribution in [0.3, 0.4) is 0 Å². The van der Waals surface area contributed by atoms with Gasteiger partial charge in [0.2, 0.25) is 5.88 Å². The summed E-state index contributed by atoms with van der Waals surface area (Å²) in [5, 5.41) is 8.29. The minimum Gasteiger partial charge on any atom is -0.463 e. The Balaban J connectivity index is 1.41. The van der Waals surface area contributed by atoms with Crippen molar-refractivity contribution in [2.45, 2.75) is 59.6 Å². The molecule has 3 N–H and O–H groups in total. The van der Waals surface area contributed by atoms with E-state index in [1.807, 2.05) is 12.2 Å². The third-order valence-corrected chi connectivity index (χ3v) is 7.24. The molecule has 4 amide bonds. The number of anilines is 2. The van der Waals surface area contributed by atoms with Gasteiger partial charge < -0.3 is 29.3 Å². The first-order valence-corrected chi connectivity index (χ1v) is 15.8. The highest BCUT2D eigenvalue weighted by molar-refractivity contribution is 6.05. The molecule has 1 aliphatic carbocycles. The van der Waals surface area contributed by atoms with Crippen LogP contribution in [0.5, 0.6) is 0 Å². The van der Waals surface area contributed by atoms with E-state index in [0.29, 0.717) is 30.2 Å². The number of likely N-dealkylation sites (N-methyl/N-ethyl adjacent to an activating group) is 1. The Morgan fingerprint density at radius 3 is 2.34 bits per heavy atom. The van der Waals surface area contributed by atoms with Crippen LogP contribution in [0.4, 0.5) is 21.0 Å². The predicted octanol–water partition coefficient (Wildman–Crippen LogP) is 6.50. The van der Waals surface area contributed by atoms with Crippen molar-refractivity contribution >= 4 is 29.4 Å². The van der Waals surface area contributed by atoms with Crippen LogP contribution < -0.4 is 16.0 Å². The topological polar surface area (TPSA) is 134 Å². The summed E-state index contributed by atoms with van der Waals surface area (Å²) in [6.45, 7) is 12.5. The maximum Gasteiger partial charge on any atom is 0.412 e. The molecule has 0 saturated heterocycles. The fraction of sp³-hybridized carbons (Fsp3) is 0.371. The highest BCUT2D eigenvalue weighted by atomic mass is 16.6.